The molecule has 27 heavy (non-hydrogen) atoms. The summed E-state index contributed by atoms with van der Waals surface area (Å²) in [5, 5.41) is 0. The zero-order valence-electron chi connectivity index (χ0n) is 16.0. The normalized spacial score (nSPS) is 19.5. The summed E-state index contributed by atoms with van der Waals surface area (Å²) < 4.78 is 11.3. The van der Waals surface area contributed by atoms with Gasteiger partial charge in [0.25, 0.3) is 5.56 Å². The van der Waals surface area contributed by atoms with Crippen molar-refractivity contribution in [3.63, 3.8) is 0 Å². The largest absolute Gasteiger partial charge is 0.489 e. The molecule has 0 amide bonds. The molecule has 0 radical (unpaired) electrons. The number of H-pyrrole nitrogens is 1. The van der Waals surface area contributed by atoms with Gasteiger partial charge >= 0.3 is 5.97 Å². The van der Waals surface area contributed by atoms with Gasteiger partial charge in [-0.1, -0.05) is 43.7 Å². The number of hydrogen-bond donors (Lipinski definition) is 1. The van der Waals surface area contributed by atoms with Crippen molar-refractivity contribution < 1.29 is 14.3 Å². The smallest absolute Gasteiger partial charge is 0.347 e. The van der Waals surface area contributed by atoms with Crippen LogP contribution >= 0.6 is 0 Å². The molecule has 1 saturated carbocycles. The highest BCUT2D eigenvalue weighted by Gasteiger charge is 2.27. The topological polar surface area (TPSA) is 68.4 Å². The van der Waals surface area contributed by atoms with Gasteiger partial charge in [-0.05, 0) is 37.7 Å². The van der Waals surface area contributed by atoms with E-state index in [4.69, 9.17) is 9.47 Å². The van der Waals surface area contributed by atoms with E-state index >= 15 is 0 Å². The molecule has 1 aromatic carbocycles. The summed E-state index contributed by atoms with van der Waals surface area (Å²) in [5.74, 6) is 0.0935. The van der Waals surface area contributed by atoms with Crippen molar-refractivity contribution in [2.75, 3.05) is 6.61 Å². The molecule has 1 aromatic heterocycles. The first-order chi connectivity index (χ1) is 13.1. The van der Waals surface area contributed by atoms with Gasteiger partial charge in [-0.3, -0.25) is 4.79 Å². The molecular formula is C22H27NO4. The number of rotatable bonds is 6. The summed E-state index contributed by atoms with van der Waals surface area (Å²) >= 11 is 0. The van der Waals surface area contributed by atoms with Crippen molar-refractivity contribution in [1.82, 2.24) is 4.98 Å². The Morgan fingerprint density at radius 3 is 2.63 bits per heavy atom. The van der Waals surface area contributed by atoms with E-state index in [2.05, 4.69) is 11.9 Å². The minimum atomic E-state index is -0.636. The van der Waals surface area contributed by atoms with Crippen LogP contribution in [0.3, 0.4) is 0 Å². The molecule has 5 nitrogen and oxygen atoms in total. The Labute approximate surface area is 159 Å². The number of carbonyl (C=O) groups excluding carboxylic acids is 1. The van der Waals surface area contributed by atoms with Gasteiger partial charge in [0, 0.05) is 18.2 Å². The molecule has 0 aliphatic heterocycles. The molecule has 144 valence electrons. The van der Waals surface area contributed by atoms with Crippen molar-refractivity contribution >= 4 is 5.97 Å². The van der Waals surface area contributed by atoms with Crippen LogP contribution in [-0.4, -0.2) is 23.7 Å². The van der Waals surface area contributed by atoms with E-state index in [-0.39, 0.29) is 18.3 Å². The number of pyridine rings is 1. The maximum absolute atomic E-state index is 12.7. The van der Waals surface area contributed by atoms with Crippen LogP contribution < -0.4 is 10.3 Å². The van der Waals surface area contributed by atoms with Crippen LogP contribution in [0.1, 0.15) is 61.1 Å². The van der Waals surface area contributed by atoms with Crippen molar-refractivity contribution in [3.8, 4) is 5.75 Å². The van der Waals surface area contributed by atoms with E-state index in [0.29, 0.717) is 18.1 Å². The highest BCUT2D eigenvalue weighted by atomic mass is 16.5. The lowest BCUT2D eigenvalue weighted by Crippen LogP contribution is -2.31. The third-order valence-corrected chi connectivity index (χ3v) is 5.08. The predicted octanol–water partition coefficient (Wildman–Crippen LogP) is 4.10. The van der Waals surface area contributed by atoms with E-state index in [9.17, 15) is 9.59 Å². The summed E-state index contributed by atoms with van der Waals surface area (Å²) in [6.45, 7) is 4.09. The van der Waals surface area contributed by atoms with Crippen molar-refractivity contribution in [3.05, 3.63) is 63.6 Å². The first-order valence-electron chi connectivity index (χ1n) is 9.72. The molecule has 1 heterocycles. The quantitative estimate of drug-likeness (QED) is 0.779. The zero-order valence-corrected chi connectivity index (χ0v) is 16.0. The Hall–Kier alpha value is -2.56. The lowest BCUT2D eigenvalue weighted by Gasteiger charge is -2.29. The molecule has 0 bridgehead atoms. The minimum absolute atomic E-state index is 0.0123. The monoisotopic (exact) mass is 369 g/mol. The van der Waals surface area contributed by atoms with Crippen molar-refractivity contribution in [2.45, 2.75) is 52.1 Å². The predicted molar refractivity (Wildman–Crippen MR) is 104 cm³/mol. The number of aromatic amines is 1. The molecule has 0 saturated heterocycles. The number of nitrogens with one attached hydrogen (secondary N) is 1. The second-order valence-corrected chi connectivity index (χ2v) is 7.16. The molecule has 1 aliphatic carbocycles. The number of esters is 1. The molecule has 0 spiro atoms. The standard InChI is InChI=1S/C22H27NO4/c1-3-26-22(25)20-19(27-18-12-8-7-9-15(18)2)14-17(23-21(20)24)13-16-10-5-4-6-11-16/h4-6,10-11,14-15,18H,3,7-9,12-13H2,1-2H3,(H,23,24). The lowest BCUT2D eigenvalue weighted by atomic mass is 9.88. The molecule has 2 unspecified atom stereocenters. The fourth-order valence-corrected chi connectivity index (χ4v) is 3.61. The van der Waals surface area contributed by atoms with Crippen LogP contribution in [0.25, 0.3) is 0 Å². The van der Waals surface area contributed by atoms with Gasteiger partial charge in [0.05, 0.1) is 6.61 Å². The molecule has 1 fully saturated rings. The van der Waals surface area contributed by atoms with Gasteiger partial charge in [0.2, 0.25) is 0 Å². The lowest BCUT2D eigenvalue weighted by molar-refractivity contribution is 0.0506. The number of ether oxygens (including phenoxy) is 2. The van der Waals surface area contributed by atoms with E-state index in [1.165, 1.54) is 6.42 Å². The highest BCUT2D eigenvalue weighted by molar-refractivity contribution is 5.92. The number of hydrogen-bond acceptors (Lipinski definition) is 4. The Morgan fingerprint density at radius 1 is 1.19 bits per heavy atom. The SMILES string of the molecule is CCOC(=O)c1c(OC2CCCCC2C)cc(Cc2ccccc2)[nH]c1=O. The second kappa shape index (κ2) is 8.89. The van der Waals surface area contributed by atoms with Gasteiger partial charge in [0.1, 0.15) is 11.9 Å². The molecule has 2 atom stereocenters. The van der Waals surface area contributed by atoms with Gasteiger partial charge in [-0.2, -0.15) is 0 Å². The average Bonchev–Trinajstić information content (AvgIpc) is 2.64. The van der Waals surface area contributed by atoms with Gasteiger partial charge in [-0.15, -0.1) is 0 Å². The van der Waals surface area contributed by atoms with Gasteiger partial charge < -0.3 is 14.5 Å². The number of benzene rings is 1. The zero-order chi connectivity index (χ0) is 19.2. The van der Waals surface area contributed by atoms with Crippen LogP contribution in [0, 0.1) is 5.92 Å². The maximum atomic E-state index is 12.7. The summed E-state index contributed by atoms with van der Waals surface area (Å²) in [4.78, 5) is 27.8. The third-order valence-electron chi connectivity index (χ3n) is 5.08. The molecule has 2 aromatic rings. The van der Waals surface area contributed by atoms with Crippen LogP contribution in [0.2, 0.25) is 0 Å². The van der Waals surface area contributed by atoms with Crippen LogP contribution in [0.5, 0.6) is 5.75 Å². The average molecular weight is 369 g/mol. The molecule has 1 aliphatic rings. The Kier molecular flexibility index (Phi) is 6.32. The van der Waals surface area contributed by atoms with E-state index in [1.807, 2.05) is 30.3 Å². The van der Waals surface area contributed by atoms with Crippen LogP contribution in [0.15, 0.2) is 41.2 Å². The highest BCUT2D eigenvalue weighted by Crippen LogP contribution is 2.29. The van der Waals surface area contributed by atoms with E-state index < -0.39 is 11.5 Å². The fourth-order valence-electron chi connectivity index (χ4n) is 3.61. The van der Waals surface area contributed by atoms with E-state index in [1.54, 1.807) is 13.0 Å². The second-order valence-electron chi connectivity index (χ2n) is 7.16. The summed E-state index contributed by atoms with van der Waals surface area (Å²) in [5.41, 5.74) is 1.30. The summed E-state index contributed by atoms with van der Waals surface area (Å²) in [6.07, 6.45) is 4.90. The summed E-state index contributed by atoms with van der Waals surface area (Å²) in [7, 11) is 0. The molecule has 3 rings (SSSR count). The minimum Gasteiger partial charge on any atom is -0.489 e. The fraction of sp³-hybridized carbons (Fsp3) is 0.455. The van der Waals surface area contributed by atoms with Crippen LogP contribution in [0.4, 0.5) is 0 Å². The van der Waals surface area contributed by atoms with Crippen molar-refractivity contribution in [2.24, 2.45) is 5.92 Å². The Morgan fingerprint density at radius 2 is 1.93 bits per heavy atom. The first-order valence-corrected chi connectivity index (χ1v) is 9.72. The maximum Gasteiger partial charge on any atom is 0.347 e. The molecule has 1 N–H and O–H groups in total. The Balaban J connectivity index is 1.95. The number of aromatic nitrogens is 1. The van der Waals surface area contributed by atoms with Gasteiger partial charge in [0.15, 0.2) is 5.56 Å². The van der Waals surface area contributed by atoms with Crippen LogP contribution in [-0.2, 0) is 11.2 Å². The molecular weight excluding hydrogens is 342 g/mol. The van der Waals surface area contributed by atoms with Crippen molar-refractivity contribution in [1.29, 1.82) is 0 Å². The van der Waals surface area contributed by atoms with Gasteiger partial charge in [-0.25, -0.2) is 4.79 Å². The number of carbonyl (C=O) groups is 1. The third kappa shape index (κ3) is 4.79. The molecule has 5 heteroatoms. The van der Waals surface area contributed by atoms with E-state index in [0.717, 1.165) is 30.5 Å². The Bertz CT molecular complexity index is 828. The summed E-state index contributed by atoms with van der Waals surface area (Å²) in [6, 6.07) is 11.7. The first kappa shape index (κ1) is 19.2.